The van der Waals surface area contributed by atoms with Crippen molar-refractivity contribution in [2.24, 2.45) is 0 Å². The Morgan fingerprint density at radius 3 is 2.80 bits per heavy atom. The summed E-state index contributed by atoms with van der Waals surface area (Å²) >= 11 is 5.84. The smallest absolute Gasteiger partial charge is 0.166 e. The first kappa shape index (κ1) is 10.3. The second-order valence-electron chi connectivity index (χ2n) is 3.75. The average molecular weight is 226 g/mol. The second kappa shape index (κ2) is 3.76. The van der Waals surface area contributed by atoms with E-state index in [-0.39, 0.29) is 5.75 Å². The lowest BCUT2D eigenvalue weighted by Crippen LogP contribution is -2.09. The molecule has 1 N–H and O–H groups in total. The number of hydrogen-bond acceptors (Lipinski definition) is 3. The van der Waals surface area contributed by atoms with Gasteiger partial charge in [-0.05, 0) is 32.3 Å². The van der Waals surface area contributed by atoms with E-state index in [1.54, 1.807) is 18.2 Å². The van der Waals surface area contributed by atoms with Crippen molar-refractivity contribution in [2.45, 2.75) is 6.54 Å². The lowest BCUT2D eigenvalue weighted by atomic mass is 10.2. The van der Waals surface area contributed by atoms with Crippen molar-refractivity contribution in [2.75, 3.05) is 14.1 Å². The summed E-state index contributed by atoms with van der Waals surface area (Å²) in [6.45, 7) is 0.568. The van der Waals surface area contributed by atoms with Crippen LogP contribution in [0.25, 0.3) is 11.0 Å². The fourth-order valence-electron chi connectivity index (χ4n) is 1.50. The normalized spacial score (nSPS) is 11.5. The minimum atomic E-state index is 0.182. The fourth-order valence-corrected chi connectivity index (χ4v) is 1.67. The minimum Gasteiger partial charge on any atom is -0.504 e. The predicted octanol–water partition coefficient (Wildman–Crippen LogP) is 2.85. The Morgan fingerprint density at radius 1 is 1.40 bits per heavy atom. The highest BCUT2D eigenvalue weighted by Crippen LogP contribution is 2.34. The van der Waals surface area contributed by atoms with Gasteiger partial charge in [0.05, 0.1) is 11.9 Å². The quantitative estimate of drug-likeness (QED) is 0.854. The Morgan fingerprint density at radius 2 is 2.13 bits per heavy atom. The van der Waals surface area contributed by atoms with Crippen molar-refractivity contribution < 1.29 is 9.52 Å². The van der Waals surface area contributed by atoms with Crippen LogP contribution in [0.4, 0.5) is 0 Å². The van der Waals surface area contributed by atoms with E-state index in [0.29, 0.717) is 28.3 Å². The molecule has 0 fully saturated rings. The number of furan rings is 1. The molecule has 0 atom stereocenters. The molecule has 1 aromatic carbocycles. The molecule has 80 valence electrons. The van der Waals surface area contributed by atoms with Gasteiger partial charge in [0.2, 0.25) is 0 Å². The van der Waals surface area contributed by atoms with Crippen LogP contribution < -0.4 is 0 Å². The zero-order chi connectivity index (χ0) is 11.0. The van der Waals surface area contributed by atoms with Crippen LogP contribution in [0, 0.1) is 0 Å². The minimum absolute atomic E-state index is 0.182. The third-order valence-corrected chi connectivity index (χ3v) is 2.39. The SMILES string of the molecule is CN(C)Cc1oc2ccc(Cl)cc2c1O. The van der Waals surface area contributed by atoms with Crippen LogP contribution >= 0.6 is 11.6 Å². The summed E-state index contributed by atoms with van der Waals surface area (Å²) in [7, 11) is 3.83. The summed E-state index contributed by atoms with van der Waals surface area (Å²) in [5, 5.41) is 11.1. The summed E-state index contributed by atoms with van der Waals surface area (Å²) in [4.78, 5) is 1.93. The van der Waals surface area contributed by atoms with Crippen molar-refractivity contribution in [3.05, 3.63) is 29.0 Å². The predicted molar refractivity (Wildman–Crippen MR) is 60.3 cm³/mol. The van der Waals surface area contributed by atoms with E-state index in [0.717, 1.165) is 0 Å². The van der Waals surface area contributed by atoms with Gasteiger partial charge in [-0.15, -0.1) is 0 Å². The molecule has 0 amide bonds. The van der Waals surface area contributed by atoms with Crippen LogP contribution in [0.15, 0.2) is 22.6 Å². The highest BCUT2D eigenvalue weighted by Gasteiger charge is 2.13. The van der Waals surface area contributed by atoms with E-state index in [1.807, 2.05) is 19.0 Å². The first-order valence-corrected chi connectivity index (χ1v) is 5.00. The lowest BCUT2D eigenvalue weighted by molar-refractivity contribution is 0.340. The molecule has 2 aromatic rings. The van der Waals surface area contributed by atoms with Gasteiger partial charge >= 0.3 is 0 Å². The van der Waals surface area contributed by atoms with Gasteiger partial charge in [0.25, 0.3) is 0 Å². The van der Waals surface area contributed by atoms with Crippen LogP contribution in [0.3, 0.4) is 0 Å². The topological polar surface area (TPSA) is 36.6 Å². The Bertz CT molecular complexity index is 491. The van der Waals surface area contributed by atoms with Crippen molar-refractivity contribution in [1.29, 1.82) is 0 Å². The van der Waals surface area contributed by atoms with Crippen molar-refractivity contribution in [3.63, 3.8) is 0 Å². The molecule has 0 radical (unpaired) electrons. The first-order chi connectivity index (χ1) is 7.08. The third kappa shape index (κ3) is 1.94. The van der Waals surface area contributed by atoms with Gasteiger partial charge in [-0.3, -0.25) is 0 Å². The van der Waals surface area contributed by atoms with E-state index in [4.69, 9.17) is 16.0 Å². The number of aromatic hydroxyl groups is 1. The lowest BCUT2D eigenvalue weighted by Gasteiger charge is -2.05. The Hall–Kier alpha value is -1.19. The molecule has 0 aliphatic heterocycles. The Kier molecular flexibility index (Phi) is 2.59. The molecule has 0 aliphatic rings. The maximum atomic E-state index is 9.88. The molecule has 0 saturated carbocycles. The first-order valence-electron chi connectivity index (χ1n) is 4.62. The van der Waals surface area contributed by atoms with E-state index >= 15 is 0 Å². The van der Waals surface area contributed by atoms with Gasteiger partial charge < -0.3 is 14.4 Å². The molecule has 0 saturated heterocycles. The monoisotopic (exact) mass is 225 g/mol. The van der Waals surface area contributed by atoms with Crippen LogP contribution in [-0.4, -0.2) is 24.1 Å². The van der Waals surface area contributed by atoms with Crippen LogP contribution in [0.5, 0.6) is 5.75 Å². The molecule has 3 nitrogen and oxygen atoms in total. The van der Waals surface area contributed by atoms with Crippen molar-refractivity contribution in [3.8, 4) is 5.75 Å². The van der Waals surface area contributed by atoms with Crippen molar-refractivity contribution in [1.82, 2.24) is 4.90 Å². The summed E-state index contributed by atoms with van der Waals surface area (Å²) in [6, 6.07) is 5.21. The average Bonchev–Trinajstić information content (AvgIpc) is 2.44. The number of nitrogens with zero attached hydrogens (tertiary/aromatic N) is 1. The Labute approximate surface area is 92.9 Å². The second-order valence-corrected chi connectivity index (χ2v) is 4.19. The van der Waals surface area contributed by atoms with Gasteiger partial charge in [-0.1, -0.05) is 11.6 Å². The molecule has 15 heavy (non-hydrogen) atoms. The molecule has 0 bridgehead atoms. The molecular weight excluding hydrogens is 214 g/mol. The molecule has 1 heterocycles. The molecule has 0 unspecified atom stereocenters. The molecule has 0 aliphatic carbocycles. The number of halogens is 1. The van der Waals surface area contributed by atoms with E-state index in [9.17, 15) is 5.11 Å². The third-order valence-electron chi connectivity index (χ3n) is 2.15. The van der Waals surface area contributed by atoms with E-state index in [2.05, 4.69) is 0 Å². The number of fused-ring (bicyclic) bond motifs is 1. The number of rotatable bonds is 2. The summed E-state index contributed by atoms with van der Waals surface area (Å²) in [5.74, 6) is 0.749. The van der Waals surface area contributed by atoms with Gasteiger partial charge in [0, 0.05) is 5.02 Å². The molecule has 2 rings (SSSR count). The maximum Gasteiger partial charge on any atom is 0.166 e. The van der Waals surface area contributed by atoms with E-state index in [1.165, 1.54) is 0 Å². The summed E-state index contributed by atoms with van der Waals surface area (Å²) in [5.41, 5.74) is 0.661. The summed E-state index contributed by atoms with van der Waals surface area (Å²) in [6.07, 6.45) is 0. The zero-order valence-corrected chi connectivity index (χ0v) is 9.38. The van der Waals surface area contributed by atoms with Gasteiger partial charge in [0.1, 0.15) is 5.58 Å². The Balaban J connectivity index is 2.54. The largest absolute Gasteiger partial charge is 0.504 e. The van der Waals surface area contributed by atoms with Crippen LogP contribution in [0.2, 0.25) is 5.02 Å². The molecule has 1 aromatic heterocycles. The zero-order valence-electron chi connectivity index (χ0n) is 8.62. The van der Waals surface area contributed by atoms with Gasteiger partial charge in [-0.2, -0.15) is 0 Å². The fraction of sp³-hybridized carbons (Fsp3) is 0.273. The van der Waals surface area contributed by atoms with Gasteiger partial charge in [-0.25, -0.2) is 0 Å². The highest BCUT2D eigenvalue weighted by molar-refractivity contribution is 6.31. The molecular formula is C11H12ClNO2. The maximum absolute atomic E-state index is 9.88. The molecule has 4 heteroatoms. The standard InChI is InChI=1S/C11H12ClNO2/c1-13(2)6-10-11(14)8-5-7(12)3-4-9(8)15-10/h3-5,14H,6H2,1-2H3. The number of benzene rings is 1. The number of hydrogen-bond donors (Lipinski definition) is 1. The summed E-state index contributed by atoms with van der Waals surface area (Å²) < 4.78 is 5.51. The van der Waals surface area contributed by atoms with Crippen LogP contribution in [-0.2, 0) is 6.54 Å². The van der Waals surface area contributed by atoms with Gasteiger partial charge in [0.15, 0.2) is 11.5 Å². The molecule has 0 spiro atoms. The van der Waals surface area contributed by atoms with Crippen LogP contribution in [0.1, 0.15) is 5.76 Å². The van der Waals surface area contributed by atoms with Crippen molar-refractivity contribution >= 4 is 22.6 Å². The van der Waals surface area contributed by atoms with E-state index < -0.39 is 0 Å². The highest BCUT2D eigenvalue weighted by atomic mass is 35.5.